The maximum absolute atomic E-state index is 12.4. The lowest BCUT2D eigenvalue weighted by molar-refractivity contribution is 0.0717. The minimum absolute atomic E-state index is 0.0962. The Bertz CT molecular complexity index is 675. The van der Waals surface area contributed by atoms with Gasteiger partial charge in [-0.05, 0) is 50.5 Å². The normalized spacial score (nSPS) is 22.4. The van der Waals surface area contributed by atoms with Gasteiger partial charge in [0.2, 0.25) is 0 Å². The highest BCUT2D eigenvalue weighted by Crippen LogP contribution is 2.23. The minimum atomic E-state index is -0.414. The second-order valence-electron chi connectivity index (χ2n) is 6.07. The number of aryl methyl sites for hydroxylation is 2. The minimum Gasteiger partial charge on any atom is -0.391 e. The van der Waals surface area contributed by atoms with Crippen LogP contribution >= 0.6 is 0 Å². The number of nitrogens with one attached hydrogen (secondary N) is 2. The van der Waals surface area contributed by atoms with Crippen LogP contribution in [0.5, 0.6) is 0 Å². The summed E-state index contributed by atoms with van der Waals surface area (Å²) < 4.78 is 0. The number of benzene rings is 1. The quantitative estimate of drug-likeness (QED) is 0.795. The van der Waals surface area contributed by atoms with E-state index in [0.717, 1.165) is 42.3 Å². The molecule has 1 amide bonds. The van der Waals surface area contributed by atoms with Crippen molar-refractivity contribution in [1.82, 2.24) is 10.3 Å². The molecular formula is C17H22N2O2. The maximum Gasteiger partial charge on any atom is 0.251 e. The topological polar surface area (TPSA) is 65.1 Å². The number of carbonyl (C=O) groups is 1. The maximum atomic E-state index is 12.4. The van der Waals surface area contributed by atoms with Gasteiger partial charge in [-0.15, -0.1) is 0 Å². The Balaban J connectivity index is 1.82. The van der Waals surface area contributed by atoms with E-state index in [1.807, 2.05) is 25.1 Å². The number of aliphatic hydroxyl groups is 1. The number of fused-ring (bicyclic) bond motifs is 1. The molecule has 2 aromatic rings. The zero-order valence-corrected chi connectivity index (χ0v) is 12.6. The van der Waals surface area contributed by atoms with Crippen molar-refractivity contribution in [2.45, 2.75) is 51.7 Å². The zero-order valence-electron chi connectivity index (χ0n) is 12.6. The summed E-state index contributed by atoms with van der Waals surface area (Å²) in [5.41, 5.74) is 4.02. The number of hydrogen-bond acceptors (Lipinski definition) is 2. The van der Waals surface area contributed by atoms with Crippen molar-refractivity contribution in [3.05, 3.63) is 35.0 Å². The van der Waals surface area contributed by atoms with Gasteiger partial charge in [0.25, 0.3) is 5.91 Å². The molecule has 0 aliphatic heterocycles. The van der Waals surface area contributed by atoms with Crippen LogP contribution in [0.2, 0.25) is 0 Å². The average molecular weight is 286 g/mol. The van der Waals surface area contributed by atoms with Gasteiger partial charge in [0.1, 0.15) is 0 Å². The molecule has 1 saturated carbocycles. The number of hydrogen-bond donors (Lipinski definition) is 3. The molecule has 0 saturated heterocycles. The van der Waals surface area contributed by atoms with E-state index < -0.39 is 6.10 Å². The van der Waals surface area contributed by atoms with Crippen molar-refractivity contribution in [2.24, 2.45) is 0 Å². The summed E-state index contributed by atoms with van der Waals surface area (Å²) in [5.74, 6) is -0.0962. The van der Waals surface area contributed by atoms with Crippen molar-refractivity contribution in [3.63, 3.8) is 0 Å². The average Bonchev–Trinajstić information content (AvgIpc) is 2.76. The first kappa shape index (κ1) is 14.1. The van der Waals surface area contributed by atoms with Crippen molar-refractivity contribution in [3.8, 4) is 0 Å². The Morgan fingerprint density at radius 2 is 2.05 bits per heavy atom. The molecular weight excluding hydrogens is 264 g/mol. The molecule has 1 aromatic heterocycles. The van der Waals surface area contributed by atoms with Crippen LogP contribution < -0.4 is 5.32 Å². The molecule has 0 bridgehead atoms. The number of carbonyl (C=O) groups excluding carboxylic acids is 1. The third kappa shape index (κ3) is 2.68. The summed E-state index contributed by atoms with van der Waals surface area (Å²) in [5, 5.41) is 14.0. The SMILES string of the molecule is Cc1[nH]c2ccc(C(=O)N[C@@H]3CCCC[C@H]3O)cc2c1C. The third-order valence-corrected chi connectivity index (χ3v) is 4.62. The van der Waals surface area contributed by atoms with Crippen LogP contribution in [0.4, 0.5) is 0 Å². The zero-order chi connectivity index (χ0) is 15.0. The van der Waals surface area contributed by atoms with Gasteiger partial charge in [0.15, 0.2) is 0 Å². The Kier molecular flexibility index (Phi) is 3.72. The smallest absolute Gasteiger partial charge is 0.251 e. The first-order chi connectivity index (χ1) is 10.1. The predicted octanol–water partition coefficient (Wildman–Crippen LogP) is 2.82. The van der Waals surface area contributed by atoms with Crippen molar-refractivity contribution < 1.29 is 9.90 Å². The summed E-state index contributed by atoms with van der Waals surface area (Å²) in [6.45, 7) is 4.09. The van der Waals surface area contributed by atoms with Gasteiger partial charge in [-0.1, -0.05) is 12.8 Å². The molecule has 1 aliphatic carbocycles. The molecule has 1 heterocycles. The van der Waals surface area contributed by atoms with Crippen LogP contribution in [0.3, 0.4) is 0 Å². The molecule has 1 fully saturated rings. The van der Waals surface area contributed by atoms with E-state index in [1.54, 1.807) is 0 Å². The van der Waals surface area contributed by atoms with E-state index in [9.17, 15) is 9.90 Å². The molecule has 3 rings (SSSR count). The van der Waals surface area contributed by atoms with E-state index >= 15 is 0 Å². The molecule has 112 valence electrons. The van der Waals surface area contributed by atoms with Crippen LogP contribution in [0, 0.1) is 13.8 Å². The van der Waals surface area contributed by atoms with Gasteiger partial charge in [-0.3, -0.25) is 4.79 Å². The first-order valence-electron chi connectivity index (χ1n) is 7.64. The van der Waals surface area contributed by atoms with Crippen LogP contribution in [-0.2, 0) is 0 Å². The second kappa shape index (κ2) is 5.53. The van der Waals surface area contributed by atoms with Gasteiger partial charge in [0.05, 0.1) is 12.1 Å². The molecule has 2 atom stereocenters. The first-order valence-corrected chi connectivity index (χ1v) is 7.64. The molecule has 0 radical (unpaired) electrons. The molecule has 1 aromatic carbocycles. The number of aromatic nitrogens is 1. The Morgan fingerprint density at radius 1 is 1.29 bits per heavy atom. The van der Waals surface area contributed by atoms with Gasteiger partial charge >= 0.3 is 0 Å². The molecule has 1 aliphatic rings. The molecule has 21 heavy (non-hydrogen) atoms. The summed E-state index contributed by atoms with van der Waals surface area (Å²) in [4.78, 5) is 15.7. The van der Waals surface area contributed by atoms with E-state index in [1.165, 1.54) is 5.56 Å². The van der Waals surface area contributed by atoms with Gasteiger partial charge in [-0.2, -0.15) is 0 Å². The monoisotopic (exact) mass is 286 g/mol. The largest absolute Gasteiger partial charge is 0.391 e. The van der Waals surface area contributed by atoms with E-state index in [4.69, 9.17) is 0 Å². The molecule has 0 spiro atoms. The van der Waals surface area contributed by atoms with Crippen LogP contribution in [-0.4, -0.2) is 28.1 Å². The number of amides is 1. The summed E-state index contributed by atoms with van der Waals surface area (Å²) in [7, 11) is 0. The number of aliphatic hydroxyl groups excluding tert-OH is 1. The standard InChI is InChI=1S/C17H22N2O2/c1-10-11(2)18-14-8-7-12(9-13(10)14)17(21)19-15-5-3-4-6-16(15)20/h7-9,15-16,18,20H,3-6H2,1-2H3,(H,19,21)/t15-,16-/m1/s1. The van der Waals surface area contributed by atoms with E-state index in [2.05, 4.69) is 17.2 Å². The Labute approximate surface area is 124 Å². The van der Waals surface area contributed by atoms with Gasteiger partial charge < -0.3 is 15.4 Å². The summed E-state index contributed by atoms with van der Waals surface area (Å²) >= 11 is 0. The van der Waals surface area contributed by atoms with Crippen molar-refractivity contribution >= 4 is 16.8 Å². The molecule has 0 unspecified atom stereocenters. The highest BCUT2D eigenvalue weighted by atomic mass is 16.3. The molecule has 4 nitrogen and oxygen atoms in total. The van der Waals surface area contributed by atoms with Crippen LogP contribution in [0.1, 0.15) is 47.3 Å². The van der Waals surface area contributed by atoms with Crippen molar-refractivity contribution in [1.29, 1.82) is 0 Å². The summed E-state index contributed by atoms with van der Waals surface area (Å²) in [6, 6.07) is 5.60. The fraction of sp³-hybridized carbons (Fsp3) is 0.471. The van der Waals surface area contributed by atoms with E-state index in [-0.39, 0.29) is 11.9 Å². The van der Waals surface area contributed by atoms with Crippen molar-refractivity contribution in [2.75, 3.05) is 0 Å². The number of rotatable bonds is 2. The summed E-state index contributed by atoms with van der Waals surface area (Å²) in [6.07, 6.45) is 3.33. The van der Waals surface area contributed by atoms with Crippen LogP contribution in [0.25, 0.3) is 10.9 Å². The van der Waals surface area contributed by atoms with Gasteiger partial charge in [0, 0.05) is 22.2 Å². The molecule has 4 heteroatoms. The lowest BCUT2D eigenvalue weighted by Gasteiger charge is -2.28. The molecule has 3 N–H and O–H groups in total. The predicted molar refractivity (Wildman–Crippen MR) is 83.5 cm³/mol. The third-order valence-electron chi connectivity index (χ3n) is 4.62. The Hall–Kier alpha value is -1.81. The highest BCUT2D eigenvalue weighted by molar-refractivity contribution is 5.99. The number of aromatic amines is 1. The number of H-pyrrole nitrogens is 1. The lowest BCUT2D eigenvalue weighted by Crippen LogP contribution is -2.45. The fourth-order valence-corrected chi connectivity index (χ4v) is 3.13. The lowest BCUT2D eigenvalue weighted by atomic mass is 9.92. The van der Waals surface area contributed by atoms with Gasteiger partial charge in [-0.25, -0.2) is 0 Å². The highest BCUT2D eigenvalue weighted by Gasteiger charge is 2.24. The Morgan fingerprint density at radius 3 is 2.81 bits per heavy atom. The van der Waals surface area contributed by atoms with E-state index in [0.29, 0.717) is 5.56 Å². The second-order valence-corrected chi connectivity index (χ2v) is 6.07. The fourth-order valence-electron chi connectivity index (χ4n) is 3.13. The van der Waals surface area contributed by atoms with Crippen LogP contribution in [0.15, 0.2) is 18.2 Å².